The quantitative estimate of drug-likeness (QED) is 0.627. The van der Waals surface area contributed by atoms with Gasteiger partial charge in [-0.05, 0) is 33.6 Å². The van der Waals surface area contributed by atoms with E-state index in [-0.39, 0.29) is 11.9 Å². The molecule has 0 aromatic carbocycles. The van der Waals surface area contributed by atoms with Gasteiger partial charge in [0.2, 0.25) is 0 Å². The molecule has 3 aliphatic rings. The van der Waals surface area contributed by atoms with Crippen LogP contribution in [0, 0.1) is 0 Å². The maximum absolute atomic E-state index is 12.2. The van der Waals surface area contributed by atoms with Crippen LogP contribution in [0.3, 0.4) is 0 Å². The number of rotatable bonds is 4. The number of aliphatic hydroxyl groups is 1. The van der Waals surface area contributed by atoms with Gasteiger partial charge in [0, 0.05) is 13.5 Å². The van der Waals surface area contributed by atoms with E-state index in [1.807, 2.05) is 20.8 Å². The van der Waals surface area contributed by atoms with E-state index in [1.54, 1.807) is 0 Å². The molecule has 0 bridgehead atoms. The second kappa shape index (κ2) is 4.62. The number of carbonyl (C=O) groups is 1. The van der Waals surface area contributed by atoms with E-state index in [9.17, 15) is 9.90 Å². The molecule has 3 fully saturated rings. The van der Waals surface area contributed by atoms with Gasteiger partial charge >= 0.3 is 0 Å². The maximum atomic E-state index is 12.2. The van der Waals surface area contributed by atoms with Crippen LogP contribution in [0.25, 0.3) is 0 Å². The summed E-state index contributed by atoms with van der Waals surface area (Å²) in [6, 6.07) is 0. The van der Waals surface area contributed by atoms with Crippen LogP contribution in [0.1, 0.15) is 40.0 Å². The van der Waals surface area contributed by atoms with E-state index in [4.69, 9.17) is 14.2 Å². The molecule has 0 radical (unpaired) electrons. The summed E-state index contributed by atoms with van der Waals surface area (Å²) in [4.78, 5) is 12.2. The standard InChI is InChI=1S/C16H24O5/c1-10(2)5-6-12-14(3,21-12)16(18)13(19-4)11(17)7-8-15(16)9-20-15/h5,12-13,18H,6-9H2,1-4H3/t12-,13-,14-,15+,16+/m1/s1. The lowest BCUT2D eigenvalue weighted by Crippen LogP contribution is -2.69. The molecule has 5 nitrogen and oxygen atoms in total. The molecule has 5 heteroatoms. The van der Waals surface area contributed by atoms with Crippen LogP contribution in [0.2, 0.25) is 0 Å². The molecular weight excluding hydrogens is 272 g/mol. The van der Waals surface area contributed by atoms with Crippen LogP contribution >= 0.6 is 0 Å². The number of epoxide rings is 2. The third kappa shape index (κ3) is 1.95. The van der Waals surface area contributed by atoms with E-state index >= 15 is 0 Å². The number of allylic oxidation sites excluding steroid dienone is 1. The second-order valence-corrected chi connectivity index (χ2v) is 6.86. The van der Waals surface area contributed by atoms with E-state index in [1.165, 1.54) is 12.7 Å². The van der Waals surface area contributed by atoms with Crippen LogP contribution < -0.4 is 0 Å². The van der Waals surface area contributed by atoms with E-state index in [2.05, 4.69) is 6.08 Å². The van der Waals surface area contributed by atoms with E-state index in [0.29, 0.717) is 19.4 Å². The van der Waals surface area contributed by atoms with Crippen molar-refractivity contribution in [1.82, 2.24) is 0 Å². The topological polar surface area (TPSA) is 71.6 Å². The average Bonchev–Trinajstić information content (AvgIpc) is 3.31. The van der Waals surface area contributed by atoms with Gasteiger partial charge in [-0.3, -0.25) is 4.79 Å². The van der Waals surface area contributed by atoms with Crippen LogP contribution in [0.4, 0.5) is 0 Å². The fourth-order valence-corrected chi connectivity index (χ4v) is 3.80. The van der Waals surface area contributed by atoms with Crippen molar-refractivity contribution in [2.45, 2.75) is 69.0 Å². The Kier molecular flexibility index (Phi) is 3.34. The maximum Gasteiger partial charge on any atom is 0.164 e. The summed E-state index contributed by atoms with van der Waals surface area (Å²) < 4.78 is 16.8. The fraction of sp³-hybridized carbons (Fsp3) is 0.812. The Morgan fingerprint density at radius 1 is 1.52 bits per heavy atom. The number of methoxy groups -OCH3 is 1. The summed E-state index contributed by atoms with van der Waals surface area (Å²) in [6.45, 7) is 6.39. The molecule has 21 heavy (non-hydrogen) atoms. The summed E-state index contributed by atoms with van der Waals surface area (Å²) in [5, 5.41) is 11.4. The molecule has 1 saturated carbocycles. The molecule has 5 atom stereocenters. The van der Waals surface area contributed by atoms with E-state index in [0.717, 1.165) is 6.42 Å². The van der Waals surface area contributed by atoms with Crippen LogP contribution in [-0.2, 0) is 19.0 Å². The molecule has 1 N–H and O–H groups in total. The molecule has 2 heterocycles. The summed E-state index contributed by atoms with van der Waals surface area (Å²) in [6.07, 6.45) is 2.75. The Morgan fingerprint density at radius 2 is 2.19 bits per heavy atom. The van der Waals surface area contributed by atoms with Crippen molar-refractivity contribution in [3.63, 3.8) is 0 Å². The minimum atomic E-state index is -1.41. The first kappa shape index (κ1) is 15.2. The third-order valence-corrected chi connectivity index (χ3v) is 5.31. The Balaban J connectivity index is 1.90. The van der Waals surface area contributed by atoms with Gasteiger partial charge in [-0.1, -0.05) is 11.6 Å². The monoisotopic (exact) mass is 296 g/mol. The Morgan fingerprint density at radius 3 is 2.71 bits per heavy atom. The number of hydrogen-bond acceptors (Lipinski definition) is 5. The van der Waals surface area contributed by atoms with Crippen molar-refractivity contribution in [2.24, 2.45) is 0 Å². The fourth-order valence-electron chi connectivity index (χ4n) is 3.80. The van der Waals surface area contributed by atoms with Crippen molar-refractivity contribution in [2.75, 3.05) is 13.7 Å². The minimum Gasteiger partial charge on any atom is -0.380 e. The average molecular weight is 296 g/mol. The summed E-state index contributed by atoms with van der Waals surface area (Å²) in [7, 11) is 1.46. The van der Waals surface area contributed by atoms with Crippen LogP contribution in [0.5, 0.6) is 0 Å². The highest BCUT2D eigenvalue weighted by Gasteiger charge is 2.81. The molecule has 1 aliphatic carbocycles. The minimum absolute atomic E-state index is 0.0705. The van der Waals surface area contributed by atoms with Gasteiger partial charge in [-0.2, -0.15) is 0 Å². The first-order chi connectivity index (χ1) is 9.81. The first-order valence-electron chi connectivity index (χ1n) is 7.54. The second-order valence-electron chi connectivity index (χ2n) is 6.86. The van der Waals surface area contributed by atoms with Gasteiger partial charge < -0.3 is 19.3 Å². The lowest BCUT2D eigenvalue weighted by molar-refractivity contribution is -0.193. The lowest BCUT2D eigenvalue weighted by atomic mass is 9.65. The van der Waals surface area contributed by atoms with Gasteiger partial charge in [0.1, 0.15) is 17.3 Å². The molecule has 1 spiro atoms. The molecule has 2 aliphatic heterocycles. The van der Waals surface area contributed by atoms with Crippen LogP contribution in [0.15, 0.2) is 11.6 Å². The van der Waals surface area contributed by atoms with Gasteiger partial charge in [-0.15, -0.1) is 0 Å². The van der Waals surface area contributed by atoms with Crippen molar-refractivity contribution in [3.8, 4) is 0 Å². The van der Waals surface area contributed by atoms with Gasteiger partial charge in [-0.25, -0.2) is 0 Å². The molecule has 0 amide bonds. The molecule has 0 aromatic rings. The zero-order valence-corrected chi connectivity index (χ0v) is 13.1. The molecule has 0 unspecified atom stereocenters. The number of ether oxygens (including phenoxy) is 3. The number of Topliss-reactive ketones (excluding diaryl/α,β-unsaturated/α-hetero) is 1. The van der Waals surface area contributed by atoms with Crippen molar-refractivity contribution in [3.05, 3.63) is 11.6 Å². The molecule has 2 saturated heterocycles. The van der Waals surface area contributed by atoms with Crippen molar-refractivity contribution < 1.29 is 24.1 Å². The highest BCUT2D eigenvalue weighted by atomic mass is 16.7. The number of hydrogen-bond donors (Lipinski definition) is 1. The molecular formula is C16H24O5. The van der Waals surface area contributed by atoms with Crippen molar-refractivity contribution >= 4 is 5.78 Å². The summed E-state index contributed by atoms with van der Waals surface area (Å²) in [5.41, 5.74) is -1.69. The predicted octanol–water partition coefficient (Wildman–Crippen LogP) is 1.38. The number of ketones is 1. The third-order valence-electron chi connectivity index (χ3n) is 5.31. The SMILES string of the molecule is CO[C@@H]1C(=O)CC[C@]2(CO2)[C@@]1(O)[C@]1(C)O[C@@H]1CC=C(C)C. The zero-order valence-electron chi connectivity index (χ0n) is 13.1. The Labute approximate surface area is 125 Å². The van der Waals surface area contributed by atoms with Gasteiger partial charge in [0.25, 0.3) is 0 Å². The van der Waals surface area contributed by atoms with Gasteiger partial charge in [0.05, 0.1) is 12.7 Å². The van der Waals surface area contributed by atoms with E-state index < -0.39 is 22.9 Å². The predicted molar refractivity (Wildman–Crippen MR) is 76.0 cm³/mol. The largest absolute Gasteiger partial charge is 0.380 e. The van der Waals surface area contributed by atoms with Gasteiger partial charge in [0.15, 0.2) is 11.4 Å². The Bertz CT molecular complexity index is 491. The highest BCUT2D eigenvalue weighted by Crippen LogP contribution is 2.61. The summed E-state index contributed by atoms with van der Waals surface area (Å²) in [5.74, 6) is -0.0705. The van der Waals surface area contributed by atoms with Crippen LogP contribution in [-0.4, -0.2) is 53.6 Å². The lowest BCUT2D eigenvalue weighted by Gasteiger charge is -2.45. The normalized spacial score (nSPS) is 48.3. The smallest absolute Gasteiger partial charge is 0.164 e. The van der Waals surface area contributed by atoms with Crippen molar-refractivity contribution in [1.29, 1.82) is 0 Å². The molecule has 0 aromatic heterocycles. The molecule has 118 valence electrons. The number of carbonyl (C=O) groups excluding carboxylic acids is 1. The zero-order chi connectivity index (χ0) is 15.5. The first-order valence-corrected chi connectivity index (χ1v) is 7.54. The molecule has 3 rings (SSSR count). The Hall–Kier alpha value is -0.750. The summed E-state index contributed by atoms with van der Waals surface area (Å²) >= 11 is 0. The highest BCUT2D eigenvalue weighted by molar-refractivity contribution is 5.87.